The maximum Gasteiger partial charge on any atom is 0.324 e. The van der Waals surface area contributed by atoms with Gasteiger partial charge in [0.15, 0.2) is 0 Å². The van der Waals surface area contributed by atoms with Crippen LogP contribution < -0.4 is 16.4 Å². The highest BCUT2D eigenvalue weighted by atomic mass is 35.5. The van der Waals surface area contributed by atoms with Gasteiger partial charge in [0.1, 0.15) is 6.04 Å². The Bertz CT molecular complexity index is 663. The van der Waals surface area contributed by atoms with Gasteiger partial charge in [-0.3, -0.25) is 4.79 Å². The van der Waals surface area contributed by atoms with E-state index in [-0.39, 0.29) is 6.04 Å². The van der Waals surface area contributed by atoms with Crippen molar-refractivity contribution < 1.29 is 9.90 Å². The number of aliphatic carboxylic acids is 1. The van der Waals surface area contributed by atoms with Gasteiger partial charge in [0.25, 0.3) is 0 Å². The molecule has 1 saturated heterocycles. The van der Waals surface area contributed by atoms with Gasteiger partial charge in [-0.25, -0.2) is 10.9 Å². The zero-order valence-electron chi connectivity index (χ0n) is 11.0. The Kier molecular flexibility index (Phi) is 3.90. The number of nitrogens with one attached hydrogen (secondary N) is 3. The number of carbonyl (C=O) groups is 1. The van der Waals surface area contributed by atoms with Gasteiger partial charge in [0.05, 0.1) is 6.04 Å². The van der Waals surface area contributed by atoms with Gasteiger partial charge in [-0.1, -0.05) is 54.1 Å². The van der Waals surface area contributed by atoms with Crippen LogP contribution in [0.1, 0.15) is 11.6 Å². The first kappa shape index (κ1) is 14.0. The predicted molar refractivity (Wildman–Crippen MR) is 80.5 cm³/mol. The summed E-state index contributed by atoms with van der Waals surface area (Å²) in [6.07, 6.45) is 0. The van der Waals surface area contributed by atoms with Crippen LogP contribution in [0.5, 0.6) is 0 Å². The Morgan fingerprint density at radius 3 is 2.52 bits per heavy atom. The molecule has 0 amide bonds. The third kappa shape index (κ3) is 2.77. The smallest absolute Gasteiger partial charge is 0.324 e. The van der Waals surface area contributed by atoms with E-state index in [0.717, 1.165) is 16.7 Å². The number of hydrogen-bond acceptors (Lipinski definition) is 4. The summed E-state index contributed by atoms with van der Waals surface area (Å²) in [4.78, 5) is 11.2. The minimum Gasteiger partial charge on any atom is -0.480 e. The Morgan fingerprint density at radius 1 is 1.10 bits per heavy atom. The minimum absolute atomic E-state index is 0.384. The molecule has 2 unspecified atom stereocenters. The van der Waals surface area contributed by atoms with Crippen LogP contribution in [0.2, 0.25) is 5.02 Å². The first-order valence-electron chi connectivity index (χ1n) is 6.50. The van der Waals surface area contributed by atoms with Crippen LogP contribution in [-0.2, 0) is 4.79 Å². The molecule has 0 bridgehead atoms. The van der Waals surface area contributed by atoms with Crippen molar-refractivity contribution >= 4 is 17.6 Å². The molecule has 108 valence electrons. The van der Waals surface area contributed by atoms with Gasteiger partial charge in [-0.15, -0.1) is 0 Å². The summed E-state index contributed by atoms with van der Waals surface area (Å²) >= 11 is 6.35. The van der Waals surface area contributed by atoms with Crippen LogP contribution in [0.15, 0.2) is 48.5 Å². The summed E-state index contributed by atoms with van der Waals surface area (Å²) in [7, 11) is 0. The van der Waals surface area contributed by atoms with E-state index in [1.165, 1.54) is 0 Å². The standard InChI is InChI=1S/C15H14ClN3O2/c16-12-8-10(13-14(15(20)21)18-19-17-13)6-7-11(12)9-4-2-1-3-5-9/h1-8,13-14,17-19H,(H,20,21). The normalized spacial score (nSPS) is 21.4. The quantitative estimate of drug-likeness (QED) is 0.699. The van der Waals surface area contributed by atoms with Crippen molar-refractivity contribution in [1.29, 1.82) is 0 Å². The molecule has 0 radical (unpaired) electrons. The molecule has 1 aliphatic heterocycles. The van der Waals surface area contributed by atoms with Crippen molar-refractivity contribution in [2.45, 2.75) is 12.1 Å². The Hall–Kier alpha value is -1.92. The molecule has 0 spiro atoms. The summed E-state index contributed by atoms with van der Waals surface area (Å²) in [5.41, 5.74) is 11.0. The average Bonchev–Trinajstić information content (AvgIpc) is 2.97. The molecular formula is C15H14ClN3O2. The van der Waals surface area contributed by atoms with Crippen LogP contribution in [0.3, 0.4) is 0 Å². The number of rotatable bonds is 3. The third-order valence-electron chi connectivity index (χ3n) is 3.49. The Morgan fingerprint density at radius 2 is 1.86 bits per heavy atom. The monoisotopic (exact) mass is 303 g/mol. The van der Waals surface area contributed by atoms with Gasteiger partial charge in [0.2, 0.25) is 0 Å². The molecule has 4 N–H and O–H groups in total. The fraction of sp³-hybridized carbons (Fsp3) is 0.133. The molecule has 0 aliphatic carbocycles. The number of hydrazine groups is 2. The Labute approximate surface area is 126 Å². The number of carboxylic acid groups (broad SMARTS) is 1. The predicted octanol–water partition coefficient (Wildman–Crippen LogP) is 2.11. The molecule has 0 saturated carbocycles. The van der Waals surface area contributed by atoms with E-state index >= 15 is 0 Å². The second kappa shape index (κ2) is 5.83. The van der Waals surface area contributed by atoms with Crippen molar-refractivity contribution in [3.05, 3.63) is 59.1 Å². The lowest BCUT2D eigenvalue weighted by atomic mass is 9.97. The fourth-order valence-corrected chi connectivity index (χ4v) is 2.72. The van der Waals surface area contributed by atoms with Crippen LogP contribution in [0.25, 0.3) is 11.1 Å². The summed E-state index contributed by atoms with van der Waals surface area (Å²) in [5.74, 6) is -0.930. The molecule has 2 aromatic carbocycles. The Balaban J connectivity index is 1.93. The molecule has 2 aromatic rings. The van der Waals surface area contributed by atoms with E-state index in [2.05, 4.69) is 16.4 Å². The molecule has 2 atom stereocenters. The van der Waals surface area contributed by atoms with Crippen molar-refractivity contribution in [3.63, 3.8) is 0 Å². The van der Waals surface area contributed by atoms with Crippen molar-refractivity contribution in [2.75, 3.05) is 0 Å². The molecule has 1 fully saturated rings. The second-order valence-electron chi connectivity index (χ2n) is 4.81. The van der Waals surface area contributed by atoms with Gasteiger partial charge < -0.3 is 5.11 Å². The van der Waals surface area contributed by atoms with E-state index in [4.69, 9.17) is 11.6 Å². The molecule has 3 rings (SSSR count). The average molecular weight is 304 g/mol. The highest BCUT2D eigenvalue weighted by molar-refractivity contribution is 6.33. The van der Waals surface area contributed by atoms with E-state index in [0.29, 0.717) is 5.02 Å². The molecular weight excluding hydrogens is 290 g/mol. The molecule has 1 heterocycles. The van der Waals surface area contributed by atoms with Gasteiger partial charge in [-0.05, 0) is 17.2 Å². The van der Waals surface area contributed by atoms with Gasteiger partial charge in [-0.2, -0.15) is 5.53 Å². The molecule has 0 aromatic heterocycles. The lowest BCUT2D eigenvalue weighted by Gasteiger charge is -2.16. The number of halogens is 1. The van der Waals surface area contributed by atoms with E-state index < -0.39 is 12.0 Å². The number of hydrogen-bond donors (Lipinski definition) is 4. The zero-order valence-corrected chi connectivity index (χ0v) is 11.8. The zero-order chi connectivity index (χ0) is 14.8. The molecule has 21 heavy (non-hydrogen) atoms. The fourth-order valence-electron chi connectivity index (χ4n) is 2.42. The summed E-state index contributed by atoms with van der Waals surface area (Å²) < 4.78 is 0. The highest BCUT2D eigenvalue weighted by Gasteiger charge is 2.33. The van der Waals surface area contributed by atoms with Crippen molar-refractivity contribution in [2.24, 2.45) is 0 Å². The highest BCUT2D eigenvalue weighted by Crippen LogP contribution is 2.31. The molecule has 1 aliphatic rings. The topological polar surface area (TPSA) is 73.4 Å². The third-order valence-corrected chi connectivity index (χ3v) is 3.80. The van der Waals surface area contributed by atoms with Crippen molar-refractivity contribution in [1.82, 2.24) is 16.4 Å². The number of carboxylic acids is 1. The lowest BCUT2D eigenvalue weighted by molar-refractivity contribution is -0.139. The van der Waals surface area contributed by atoms with Crippen LogP contribution in [0.4, 0.5) is 0 Å². The molecule has 6 heteroatoms. The van der Waals surface area contributed by atoms with Crippen molar-refractivity contribution in [3.8, 4) is 11.1 Å². The van der Waals surface area contributed by atoms with E-state index in [9.17, 15) is 9.90 Å². The van der Waals surface area contributed by atoms with Gasteiger partial charge in [0, 0.05) is 10.6 Å². The van der Waals surface area contributed by atoms with Crippen LogP contribution in [-0.4, -0.2) is 17.1 Å². The maximum atomic E-state index is 11.2. The maximum absolute atomic E-state index is 11.2. The summed E-state index contributed by atoms with van der Waals surface area (Å²) in [5, 5.41) is 9.77. The largest absolute Gasteiger partial charge is 0.480 e. The second-order valence-corrected chi connectivity index (χ2v) is 5.22. The number of benzene rings is 2. The lowest BCUT2D eigenvalue weighted by Crippen LogP contribution is -2.38. The first-order valence-corrected chi connectivity index (χ1v) is 6.88. The minimum atomic E-state index is -0.930. The van der Waals surface area contributed by atoms with Crippen LogP contribution in [0, 0.1) is 0 Å². The van der Waals surface area contributed by atoms with Crippen LogP contribution >= 0.6 is 11.6 Å². The van der Waals surface area contributed by atoms with Gasteiger partial charge >= 0.3 is 5.97 Å². The van der Waals surface area contributed by atoms with E-state index in [1.807, 2.05) is 42.5 Å². The van der Waals surface area contributed by atoms with E-state index in [1.54, 1.807) is 6.07 Å². The SMILES string of the molecule is O=C(O)C1NNNC1c1ccc(-c2ccccc2)c(Cl)c1. The molecule has 5 nitrogen and oxygen atoms in total. The first-order chi connectivity index (χ1) is 10.2. The summed E-state index contributed by atoms with van der Waals surface area (Å²) in [6.45, 7) is 0. The summed E-state index contributed by atoms with van der Waals surface area (Å²) in [6, 6.07) is 14.3.